The van der Waals surface area contributed by atoms with Crippen LogP contribution in [-0.4, -0.2) is 24.1 Å². The number of pyridine rings is 1. The number of aromatic amines is 1. The van der Waals surface area contributed by atoms with Gasteiger partial charge in [0.05, 0.1) is 6.61 Å². The van der Waals surface area contributed by atoms with Crippen molar-refractivity contribution >= 4 is 22.9 Å². The Balaban J connectivity index is 2.44. The summed E-state index contributed by atoms with van der Waals surface area (Å²) < 4.78 is 4.86. The lowest BCUT2D eigenvalue weighted by atomic mass is 10.1. The van der Waals surface area contributed by atoms with E-state index in [4.69, 9.17) is 10.3 Å². The summed E-state index contributed by atoms with van der Waals surface area (Å²) in [7, 11) is 0. The molecule has 0 radical (unpaired) electrons. The molecule has 0 amide bonds. The van der Waals surface area contributed by atoms with Crippen molar-refractivity contribution in [1.29, 1.82) is 0 Å². The van der Waals surface area contributed by atoms with Crippen molar-refractivity contribution in [2.75, 3.05) is 13.2 Å². The summed E-state index contributed by atoms with van der Waals surface area (Å²) in [6.07, 6.45) is 4.79. The van der Waals surface area contributed by atoms with Crippen molar-refractivity contribution in [3.05, 3.63) is 62.3 Å². The highest BCUT2D eigenvalue weighted by Crippen LogP contribution is 2.13. The maximum atomic E-state index is 12.4. The summed E-state index contributed by atoms with van der Waals surface area (Å²) in [5, 5.41) is 3.79. The smallest absolute Gasteiger partial charge is 0.343 e. The number of carbonyl (C=O) groups excluding carboxylic acids is 1. The Bertz CT molecular complexity index is 832. The fourth-order valence-corrected chi connectivity index (χ4v) is 1.97. The topological polar surface area (TPSA) is 108 Å². The van der Waals surface area contributed by atoms with Gasteiger partial charge in [0.1, 0.15) is 5.56 Å². The third-order valence-corrected chi connectivity index (χ3v) is 2.96. The van der Waals surface area contributed by atoms with E-state index in [0.717, 1.165) is 5.56 Å². The number of hydrogen-bond donors (Lipinski definition) is 1. The van der Waals surface area contributed by atoms with Crippen LogP contribution < -0.4 is 5.43 Å². The highest BCUT2D eigenvalue weighted by atomic mass is 16.5. The number of fused-ring (bicyclic) bond motifs is 1. The number of aromatic nitrogens is 1. The Morgan fingerprint density at radius 3 is 3.05 bits per heavy atom. The molecule has 0 saturated carbocycles. The quantitative estimate of drug-likeness (QED) is 0.396. The molecule has 0 aliphatic rings. The summed E-state index contributed by atoms with van der Waals surface area (Å²) in [5.41, 5.74) is 9.20. The molecule has 0 spiro atoms. The van der Waals surface area contributed by atoms with Crippen molar-refractivity contribution in [1.82, 2.24) is 4.98 Å². The predicted molar refractivity (Wildman–Crippen MR) is 83.6 cm³/mol. The van der Waals surface area contributed by atoms with E-state index in [1.54, 1.807) is 31.2 Å². The number of H-pyrrole nitrogens is 1. The molecule has 0 bridgehead atoms. The van der Waals surface area contributed by atoms with Gasteiger partial charge in [0.15, 0.2) is 0 Å². The van der Waals surface area contributed by atoms with Crippen LogP contribution in [0.2, 0.25) is 0 Å². The van der Waals surface area contributed by atoms with Crippen LogP contribution in [0.4, 0.5) is 0 Å². The highest BCUT2D eigenvalue weighted by molar-refractivity contribution is 5.93. The summed E-state index contributed by atoms with van der Waals surface area (Å²) in [5.74, 6) is -0.644. The van der Waals surface area contributed by atoms with Crippen LogP contribution in [0.1, 0.15) is 22.8 Å². The standard InChI is InChI=1S/C15H14N4O3/c1-2-22-15(21)12-9-17-13-6-5-10(4-3-7-18-19-16)8-11(13)14(12)20/h3-6,8-9H,2,7H2,1H3,(H,17,20). The van der Waals surface area contributed by atoms with Crippen LogP contribution in [0.15, 0.2) is 40.4 Å². The molecule has 1 heterocycles. The van der Waals surface area contributed by atoms with Crippen molar-refractivity contribution in [2.24, 2.45) is 5.11 Å². The minimum Gasteiger partial charge on any atom is -0.462 e. The molecule has 7 nitrogen and oxygen atoms in total. The minimum absolute atomic E-state index is 0.0236. The molecule has 1 aromatic carbocycles. The average molecular weight is 298 g/mol. The van der Waals surface area contributed by atoms with Crippen LogP contribution in [0, 0.1) is 0 Å². The van der Waals surface area contributed by atoms with Gasteiger partial charge in [-0.3, -0.25) is 4.79 Å². The summed E-state index contributed by atoms with van der Waals surface area (Å²) in [4.78, 5) is 29.7. The zero-order valence-corrected chi connectivity index (χ0v) is 11.9. The number of nitrogens with zero attached hydrogens (tertiary/aromatic N) is 3. The third kappa shape index (κ3) is 3.34. The lowest BCUT2D eigenvalue weighted by Gasteiger charge is -2.04. The molecule has 0 atom stereocenters. The zero-order valence-electron chi connectivity index (χ0n) is 11.9. The molecule has 0 saturated heterocycles. The van der Waals surface area contributed by atoms with Gasteiger partial charge >= 0.3 is 5.97 Å². The fraction of sp³-hybridized carbons (Fsp3) is 0.200. The molecule has 1 N–H and O–H groups in total. The zero-order chi connectivity index (χ0) is 15.9. The number of benzene rings is 1. The molecule has 1 aromatic heterocycles. The van der Waals surface area contributed by atoms with Gasteiger partial charge in [-0.1, -0.05) is 23.3 Å². The highest BCUT2D eigenvalue weighted by Gasteiger charge is 2.13. The lowest BCUT2D eigenvalue weighted by molar-refractivity contribution is 0.0524. The number of ether oxygens (including phenoxy) is 1. The van der Waals surface area contributed by atoms with Crippen LogP contribution in [0.25, 0.3) is 27.4 Å². The number of carbonyl (C=O) groups is 1. The van der Waals surface area contributed by atoms with Crippen molar-refractivity contribution in [3.63, 3.8) is 0 Å². The maximum absolute atomic E-state index is 12.4. The molecule has 0 unspecified atom stereocenters. The summed E-state index contributed by atoms with van der Waals surface area (Å²) >= 11 is 0. The Labute approximate surface area is 125 Å². The van der Waals surface area contributed by atoms with Crippen molar-refractivity contribution in [3.8, 4) is 0 Å². The first-order chi connectivity index (χ1) is 10.7. The normalized spacial score (nSPS) is 10.6. The predicted octanol–water partition coefficient (Wildman–Crippen LogP) is 3.03. The average Bonchev–Trinajstić information content (AvgIpc) is 2.52. The number of rotatable bonds is 5. The Hall–Kier alpha value is -3.05. The number of azide groups is 1. The Morgan fingerprint density at radius 2 is 2.32 bits per heavy atom. The molecular formula is C15H14N4O3. The van der Waals surface area contributed by atoms with Gasteiger partial charge in [-0.25, -0.2) is 4.79 Å². The second-order valence-corrected chi connectivity index (χ2v) is 4.37. The minimum atomic E-state index is -0.644. The van der Waals surface area contributed by atoms with Crippen LogP contribution in [0.3, 0.4) is 0 Å². The van der Waals surface area contributed by atoms with Gasteiger partial charge in [0, 0.05) is 28.6 Å². The molecule has 2 rings (SSSR count). The first kappa shape index (κ1) is 15.3. The van der Waals surface area contributed by atoms with Gasteiger partial charge in [0.2, 0.25) is 5.43 Å². The van der Waals surface area contributed by atoms with Gasteiger partial charge < -0.3 is 9.72 Å². The van der Waals surface area contributed by atoms with E-state index in [0.29, 0.717) is 10.9 Å². The molecule has 0 aliphatic carbocycles. The summed E-state index contributed by atoms with van der Waals surface area (Å²) in [6.45, 7) is 2.12. The van der Waals surface area contributed by atoms with Crippen molar-refractivity contribution in [2.45, 2.75) is 6.92 Å². The number of esters is 1. The fourth-order valence-electron chi connectivity index (χ4n) is 1.97. The van der Waals surface area contributed by atoms with E-state index in [-0.39, 0.29) is 24.1 Å². The lowest BCUT2D eigenvalue weighted by Crippen LogP contribution is -2.18. The Morgan fingerprint density at radius 1 is 1.50 bits per heavy atom. The second kappa shape index (κ2) is 7.10. The van der Waals surface area contributed by atoms with Crippen molar-refractivity contribution < 1.29 is 9.53 Å². The Kier molecular flexibility index (Phi) is 4.95. The molecule has 0 fully saturated rings. The number of nitrogens with one attached hydrogen (secondary N) is 1. The van der Waals surface area contributed by atoms with Gasteiger partial charge in [-0.05, 0) is 30.2 Å². The first-order valence-corrected chi connectivity index (χ1v) is 6.67. The van der Waals surface area contributed by atoms with E-state index in [1.165, 1.54) is 6.20 Å². The second-order valence-electron chi connectivity index (χ2n) is 4.37. The summed E-state index contributed by atoms with van der Waals surface area (Å²) in [6, 6.07) is 5.23. The van der Waals surface area contributed by atoms with E-state index in [9.17, 15) is 9.59 Å². The molecule has 22 heavy (non-hydrogen) atoms. The molecule has 2 aromatic rings. The molecule has 7 heteroatoms. The monoisotopic (exact) mass is 298 g/mol. The SMILES string of the molecule is CCOC(=O)c1c[nH]c2ccc(C=CCN=[N+]=[N-])cc2c1=O. The van der Waals surface area contributed by atoms with E-state index < -0.39 is 5.97 Å². The van der Waals surface area contributed by atoms with Gasteiger partial charge in [-0.15, -0.1) is 0 Å². The molecule has 0 aliphatic heterocycles. The van der Waals surface area contributed by atoms with Crippen LogP contribution in [-0.2, 0) is 4.74 Å². The molecule has 112 valence electrons. The largest absolute Gasteiger partial charge is 0.462 e. The van der Waals surface area contributed by atoms with Crippen LogP contribution >= 0.6 is 0 Å². The van der Waals surface area contributed by atoms with E-state index >= 15 is 0 Å². The van der Waals surface area contributed by atoms with Gasteiger partial charge in [-0.2, -0.15) is 0 Å². The van der Waals surface area contributed by atoms with E-state index in [2.05, 4.69) is 15.0 Å². The van der Waals surface area contributed by atoms with Crippen LogP contribution in [0.5, 0.6) is 0 Å². The van der Waals surface area contributed by atoms with Gasteiger partial charge in [0.25, 0.3) is 0 Å². The maximum Gasteiger partial charge on any atom is 0.343 e. The van der Waals surface area contributed by atoms with E-state index in [1.807, 2.05) is 6.07 Å². The third-order valence-electron chi connectivity index (χ3n) is 2.96. The molecular weight excluding hydrogens is 284 g/mol. The first-order valence-electron chi connectivity index (χ1n) is 6.67. The number of hydrogen-bond acceptors (Lipinski definition) is 4.